The van der Waals surface area contributed by atoms with Crippen LogP contribution >= 0.6 is 0 Å². The molecule has 0 saturated carbocycles. The van der Waals surface area contributed by atoms with Crippen LogP contribution < -0.4 is 10.2 Å². The monoisotopic (exact) mass is 349 g/mol. The van der Waals surface area contributed by atoms with Gasteiger partial charge in [0.15, 0.2) is 0 Å². The molecule has 26 heavy (non-hydrogen) atoms. The first kappa shape index (κ1) is 16.6. The number of nitrogens with zero attached hydrogens (tertiary/aromatic N) is 3. The number of carbonyl (C=O) groups is 1. The van der Waals surface area contributed by atoms with Crippen molar-refractivity contribution in [3.63, 3.8) is 0 Å². The summed E-state index contributed by atoms with van der Waals surface area (Å²) in [5.74, 6) is 0.848. The highest BCUT2D eigenvalue weighted by atomic mass is 16.1. The lowest BCUT2D eigenvalue weighted by atomic mass is 10.0. The zero-order valence-electron chi connectivity index (χ0n) is 14.7. The van der Waals surface area contributed by atoms with E-state index in [-0.39, 0.29) is 11.9 Å². The number of rotatable bonds is 5. The van der Waals surface area contributed by atoms with Gasteiger partial charge in [-0.05, 0) is 37.0 Å². The summed E-state index contributed by atoms with van der Waals surface area (Å²) in [6.07, 6.45) is 8.80. The number of aromatic nitrogens is 3. The van der Waals surface area contributed by atoms with Gasteiger partial charge in [0.1, 0.15) is 0 Å². The molecule has 6 heteroatoms. The molecule has 1 unspecified atom stereocenters. The van der Waals surface area contributed by atoms with Crippen molar-refractivity contribution in [1.29, 1.82) is 0 Å². The summed E-state index contributed by atoms with van der Waals surface area (Å²) in [7, 11) is 0. The summed E-state index contributed by atoms with van der Waals surface area (Å²) in [5, 5.41) is 4.38. The lowest BCUT2D eigenvalue weighted by Gasteiger charge is -2.33. The van der Waals surface area contributed by atoms with E-state index in [0.29, 0.717) is 6.42 Å². The summed E-state index contributed by atoms with van der Waals surface area (Å²) in [6.45, 7) is 1.70. The van der Waals surface area contributed by atoms with Crippen LogP contribution in [-0.4, -0.2) is 40.0 Å². The van der Waals surface area contributed by atoms with Crippen molar-refractivity contribution < 1.29 is 4.79 Å². The van der Waals surface area contributed by atoms with Crippen LogP contribution in [0.1, 0.15) is 24.8 Å². The molecule has 2 aromatic heterocycles. The molecular weight excluding hydrogens is 326 g/mol. The fourth-order valence-electron chi connectivity index (χ4n) is 3.62. The van der Waals surface area contributed by atoms with E-state index in [4.69, 9.17) is 0 Å². The number of H-pyrrole nitrogens is 1. The predicted molar refractivity (Wildman–Crippen MR) is 102 cm³/mol. The van der Waals surface area contributed by atoms with Gasteiger partial charge < -0.3 is 15.2 Å². The number of aromatic amines is 1. The number of nitrogens with one attached hydrogen (secondary N) is 2. The third kappa shape index (κ3) is 3.69. The van der Waals surface area contributed by atoms with Crippen molar-refractivity contribution in [2.45, 2.75) is 31.7 Å². The van der Waals surface area contributed by atoms with Crippen LogP contribution in [0.15, 0.2) is 48.9 Å². The molecule has 134 valence electrons. The van der Waals surface area contributed by atoms with E-state index < -0.39 is 0 Å². The van der Waals surface area contributed by atoms with Crippen LogP contribution in [0.2, 0.25) is 0 Å². The van der Waals surface area contributed by atoms with Gasteiger partial charge in [-0.15, -0.1) is 0 Å². The number of hydrogen-bond donors (Lipinski definition) is 2. The van der Waals surface area contributed by atoms with E-state index in [2.05, 4.69) is 37.3 Å². The Balaban J connectivity index is 1.32. The smallest absolute Gasteiger partial charge is 0.225 e. The summed E-state index contributed by atoms with van der Waals surface area (Å²) in [4.78, 5) is 26.5. The van der Waals surface area contributed by atoms with Gasteiger partial charge in [0.25, 0.3) is 0 Å². The molecule has 3 aromatic rings. The minimum Gasteiger partial charge on any atom is -0.361 e. The minimum atomic E-state index is 0.108. The Hall–Kier alpha value is -2.89. The average molecular weight is 349 g/mol. The summed E-state index contributed by atoms with van der Waals surface area (Å²) in [6, 6.07) is 10.2. The van der Waals surface area contributed by atoms with Gasteiger partial charge in [-0.2, -0.15) is 0 Å². The Morgan fingerprint density at radius 2 is 2.08 bits per heavy atom. The van der Waals surface area contributed by atoms with Crippen LogP contribution in [0.4, 0.5) is 5.95 Å². The lowest BCUT2D eigenvalue weighted by molar-refractivity contribution is -0.121. The highest BCUT2D eigenvalue weighted by Crippen LogP contribution is 2.19. The fraction of sp³-hybridized carbons (Fsp3) is 0.350. The first-order valence-electron chi connectivity index (χ1n) is 9.16. The van der Waals surface area contributed by atoms with Gasteiger partial charge in [0.05, 0.1) is 0 Å². The molecule has 2 N–H and O–H groups in total. The zero-order chi connectivity index (χ0) is 17.8. The Kier molecular flexibility index (Phi) is 4.82. The molecular formula is C20H23N5O. The van der Waals surface area contributed by atoms with Crippen LogP contribution in [0.3, 0.4) is 0 Å². The molecule has 1 aliphatic rings. The second-order valence-electron chi connectivity index (χ2n) is 6.76. The molecule has 1 saturated heterocycles. The molecule has 0 bridgehead atoms. The molecule has 6 nitrogen and oxygen atoms in total. The molecule has 0 aliphatic carbocycles. The number of amides is 1. The normalized spacial score (nSPS) is 17.4. The van der Waals surface area contributed by atoms with E-state index in [1.807, 2.05) is 24.4 Å². The van der Waals surface area contributed by atoms with Crippen molar-refractivity contribution in [1.82, 2.24) is 20.3 Å². The Morgan fingerprint density at radius 1 is 1.23 bits per heavy atom. The molecule has 0 radical (unpaired) electrons. The van der Waals surface area contributed by atoms with Crippen LogP contribution in [-0.2, 0) is 11.2 Å². The number of carbonyl (C=O) groups excluding carboxylic acids is 1. The number of piperidine rings is 1. The maximum absolute atomic E-state index is 12.4. The van der Waals surface area contributed by atoms with Crippen LogP contribution in [0, 0.1) is 0 Å². The van der Waals surface area contributed by atoms with E-state index >= 15 is 0 Å². The lowest BCUT2D eigenvalue weighted by Crippen LogP contribution is -2.48. The molecule has 1 aromatic carbocycles. The topological polar surface area (TPSA) is 73.9 Å². The number of aryl methyl sites for hydroxylation is 1. The SMILES string of the molecule is O=C(CCc1c[nH]c2ccccc12)NC1CCCN(c2ncccn2)C1. The zero-order valence-corrected chi connectivity index (χ0v) is 14.7. The van der Waals surface area contributed by atoms with Crippen molar-refractivity contribution in [3.8, 4) is 0 Å². The maximum Gasteiger partial charge on any atom is 0.225 e. The molecule has 1 aliphatic heterocycles. The van der Waals surface area contributed by atoms with Crippen molar-refractivity contribution in [3.05, 3.63) is 54.5 Å². The van der Waals surface area contributed by atoms with E-state index in [9.17, 15) is 4.79 Å². The van der Waals surface area contributed by atoms with Crippen molar-refractivity contribution in [2.75, 3.05) is 18.0 Å². The molecule has 0 spiro atoms. The van der Waals surface area contributed by atoms with E-state index in [1.165, 1.54) is 10.9 Å². The van der Waals surface area contributed by atoms with Gasteiger partial charge in [0, 0.05) is 55.0 Å². The second kappa shape index (κ2) is 7.56. The molecule has 3 heterocycles. The first-order valence-corrected chi connectivity index (χ1v) is 9.16. The third-order valence-electron chi connectivity index (χ3n) is 4.92. The summed E-state index contributed by atoms with van der Waals surface area (Å²) >= 11 is 0. The Labute approximate surface area is 152 Å². The highest BCUT2D eigenvalue weighted by molar-refractivity contribution is 5.84. The molecule has 1 fully saturated rings. The standard InChI is InChI=1S/C20H23N5O/c26-19(9-8-15-13-23-18-7-2-1-6-17(15)18)24-16-5-3-12-25(14-16)20-21-10-4-11-22-20/h1-2,4,6-7,10-11,13,16,23H,3,5,8-9,12,14H2,(H,24,26). The van der Waals surface area contributed by atoms with Gasteiger partial charge >= 0.3 is 0 Å². The first-order chi connectivity index (χ1) is 12.8. The highest BCUT2D eigenvalue weighted by Gasteiger charge is 2.22. The predicted octanol–water partition coefficient (Wildman–Crippen LogP) is 2.68. The Morgan fingerprint density at radius 3 is 2.96 bits per heavy atom. The number of benzene rings is 1. The van der Waals surface area contributed by atoms with Crippen LogP contribution in [0.25, 0.3) is 10.9 Å². The van der Waals surface area contributed by atoms with E-state index in [0.717, 1.165) is 43.8 Å². The fourth-order valence-corrected chi connectivity index (χ4v) is 3.62. The second-order valence-corrected chi connectivity index (χ2v) is 6.76. The third-order valence-corrected chi connectivity index (χ3v) is 4.92. The number of fused-ring (bicyclic) bond motifs is 1. The van der Waals surface area contributed by atoms with Gasteiger partial charge in [0.2, 0.25) is 11.9 Å². The molecule has 1 atom stereocenters. The Bertz CT molecular complexity index is 876. The van der Waals surface area contributed by atoms with Crippen LogP contribution in [0.5, 0.6) is 0 Å². The molecule has 1 amide bonds. The molecule has 4 rings (SSSR count). The number of para-hydroxylation sites is 1. The number of hydrogen-bond acceptors (Lipinski definition) is 4. The average Bonchev–Trinajstić information content (AvgIpc) is 3.10. The maximum atomic E-state index is 12.4. The van der Waals surface area contributed by atoms with Crippen molar-refractivity contribution >= 4 is 22.8 Å². The largest absolute Gasteiger partial charge is 0.361 e. The summed E-state index contributed by atoms with van der Waals surface area (Å²) in [5.41, 5.74) is 2.31. The van der Waals surface area contributed by atoms with Crippen molar-refractivity contribution in [2.24, 2.45) is 0 Å². The summed E-state index contributed by atoms with van der Waals surface area (Å²) < 4.78 is 0. The van der Waals surface area contributed by atoms with Gasteiger partial charge in [-0.1, -0.05) is 18.2 Å². The van der Waals surface area contributed by atoms with Gasteiger partial charge in [-0.25, -0.2) is 9.97 Å². The van der Waals surface area contributed by atoms with E-state index in [1.54, 1.807) is 12.4 Å². The van der Waals surface area contributed by atoms with Gasteiger partial charge in [-0.3, -0.25) is 4.79 Å². The quantitative estimate of drug-likeness (QED) is 0.743. The minimum absolute atomic E-state index is 0.108. The number of anilines is 1.